The Morgan fingerprint density at radius 3 is 2.49 bits per heavy atom. The van der Waals surface area contributed by atoms with Gasteiger partial charge in [-0.1, -0.05) is 71.8 Å². The summed E-state index contributed by atoms with van der Waals surface area (Å²) in [6.07, 6.45) is 4.66. The minimum atomic E-state index is -4.10. The normalized spacial score (nSPS) is 14.4. The van der Waals surface area contributed by atoms with Gasteiger partial charge in [0.05, 0.1) is 36.4 Å². The molecule has 1 amide bonds. The van der Waals surface area contributed by atoms with Crippen LogP contribution in [0.1, 0.15) is 44.7 Å². The highest BCUT2D eigenvalue weighted by Gasteiger charge is 2.38. The number of carbonyl (C=O) groups excluding carboxylic acids is 1. The molecule has 0 saturated carbocycles. The van der Waals surface area contributed by atoms with Gasteiger partial charge in [0.25, 0.3) is 15.9 Å². The number of nitrogens with one attached hydrogen (secondary N) is 1. The lowest BCUT2D eigenvalue weighted by molar-refractivity contribution is -0.170. The summed E-state index contributed by atoms with van der Waals surface area (Å²) in [5.41, 5.74) is 5.09. The van der Waals surface area contributed by atoms with Crippen LogP contribution in [0.15, 0.2) is 102 Å². The Kier molecular flexibility index (Phi) is 9.42. The van der Waals surface area contributed by atoms with Gasteiger partial charge in [0.2, 0.25) is 0 Å². The van der Waals surface area contributed by atoms with E-state index in [4.69, 9.17) is 30.8 Å². The number of benzene rings is 4. The summed E-state index contributed by atoms with van der Waals surface area (Å²) >= 11 is 6.16. The van der Waals surface area contributed by atoms with Gasteiger partial charge in [-0.15, -0.1) is 0 Å². The van der Waals surface area contributed by atoms with Crippen molar-refractivity contribution in [3.63, 3.8) is 0 Å². The number of halogens is 1. The Bertz CT molecular complexity index is 2070. The highest BCUT2D eigenvalue weighted by atomic mass is 35.5. The van der Waals surface area contributed by atoms with Crippen molar-refractivity contribution >= 4 is 50.6 Å². The second-order valence-electron chi connectivity index (χ2n) is 11.3. The van der Waals surface area contributed by atoms with E-state index in [-0.39, 0.29) is 10.5 Å². The van der Waals surface area contributed by atoms with Crippen LogP contribution in [-0.4, -0.2) is 39.6 Å². The number of hydrogen-bond donors (Lipinski definition) is 1. The second-order valence-corrected chi connectivity index (χ2v) is 13.4. The van der Waals surface area contributed by atoms with Crippen molar-refractivity contribution < 1.29 is 27.4 Å². The fourth-order valence-electron chi connectivity index (χ4n) is 5.53. The van der Waals surface area contributed by atoms with Crippen molar-refractivity contribution in [1.29, 1.82) is 0 Å². The Labute approximate surface area is 279 Å². The van der Waals surface area contributed by atoms with E-state index < -0.39 is 21.7 Å². The highest BCUT2D eigenvalue weighted by molar-refractivity contribution is 7.90. The van der Waals surface area contributed by atoms with Gasteiger partial charge in [0, 0.05) is 28.0 Å². The second kappa shape index (κ2) is 13.7. The summed E-state index contributed by atoms with van der Waals surface area (Å²) in [6.45, 7) is 2.68. The van der Waals surface area contributed by atoms with E-state index >= 15 is 0 Å². The molecule has 0 spiro atoms. The lowest BCUT2D eigenvalue weighted by Gasteiger charge is -2.28. The number of nitrogens with zero attached hydrogens (tertiary/aromatic N) is 1. The maximum Gasteiger partial charge on any atom is 0.265 e. The molecule has 5 aromatic rings. The molecule has 0 unspecified atom stereocenters. The zero-order chi connectivity index (χ0) is 33.0. The molecule has 0 aliphatic carbocycles. The highest BCUT2D eigenvalue weighted by Crippen LogP contribution is 2.37. The molecule has 1 saturated heterocycles. The van der Waals surface area contributed by atoms with E-state index in [0.29, 0.717) is 42.4 Å². The number of sulfonamides is 1. The molecule has 0 radical (unpaired) electrons. The van der Waals surface area contributed by atoms with Crippen LogP contribution >= 0.6 is 11.6 Å². The molecule has 0 atom stereocenters. The van der Waals surface area contributed by atoms with Gasteiger partial charge in [-0.05, 0) is 79.1 Å². The molecule has 0 bridgehead atoms. The lowest BCUT2D eigenvalue weighted by Crippen LogP contribution is -2.32. The average Bonchev–Trinajstić information content (AvgIpc) is 3.56. The summed E-state index contributed by atoms with van der Waals surface area (Å²) in [4.78, 5) is 18.1. The fourth-order valence-corrected chi connectivity index (χ4v) is 6.67. The molecule has 4 aromatic carbocycles. The van der Waals surface area contributed by atoms with Crippen LogP contribution in [0.2, 0.25) is 5.02 Å². The summed E-state index contributed by atoms with van der Waals surface area (Å²) in [5, 5.41) is 1.65. The molecule has 8 nitrogen and oxygen atoms in total. The number of ether oxygens (including phenoxy) is 3. The van der Waals surface area contributed by atoms with E-state index in [2.05, 4.69) is 4.72 Å². The van der Waals surface area contributed by atoms with Gasteiger partial charge in [-0.2, -0.15) is 0 Å². The van der Waals surface area contributed by atoms with Crippen LogP contribution in [0.4, 0.5) is 0 Å². The molecule has 47 heavy (non-hydrogen) atoms. The number of methoxy groups -OCH3 is 1. The van der Waals surface area contributed by atoms with Crippen molar-refractivity contribution in [3.05, 3.63) is 136 Å². The monoisotopic (exact) mass is 668 g/mol. The minimum absolute atomic E-state index is 0.00216. The Hall–Kier alpha value is -4.54. The Morgan fingerprint density at radius 1 is 0.957 bits per heavy atom. The molecule has 1 aromatic heterocycles. The summed E-state index contributed by atoms with van der Waals surface area (Å²) < 4.78 is 46.1. The van der Waals surface area contributed by atoms with E-state index in [9.17, 15) is 13.2 Å². The number of carbonyl (C=O) groups is 1. The SMILES string of the molecule is COc1ccc(CCC2(c3cccc(/C=C/c4ccc5ccc(Cl)cc5n4)c3)OCCO2)c(C(=O)NS(=O)(=O)c2ccc(C)cc2)c1. The van der Waals surface area contributed by atoms with E-state index in [0.717, 1.165) is 33.3 Å². The van der Waals surface area contributed by atoms with Crippen molar-refractivity contribution in [2.24, 2.45) is 0 Å². The summed E-state index contributed by atoms with van der Waals surface area (Å²) in [7, 11) is -2.61. The molecule has 2 heterocycles. The van der Waals surface area contributed by atoms with Gasteiger partial charge in [-0.25, -0.2) is 18.1 Å². The van der Waals surface area contributed by atoms with Crippen LogP contribution in [0.25, 0.3) is 23.1 Å². The molecule has 240 valence electrons. The molecule has 1 fully saturated rings. The number of fused-ring (bicyclic) bond motifs is 1. The van der Waals surface area contributed by atoms with Crippen LogP contribution in [0.3, 0.4) is 0 Å². The zero-order valence-corrected chi connectivity index (χ0v) is 27.5. The van der Waals surface area contributed by atoms with E-state index in [1.165, 1.54) is 19.2 Å². The average molecular weight is 669 g/mol. The standard InChI is InChI=1S/C37H33ClN2O6S/c1-25-6-16-33(17-7-25)47(42,43)40-36(41)34-24-32(44-2)15-11-27(34)18-19-37(45-20-21-46-37)29-5-3-4-26(22-29)8-13-31-14-10-28-9-12-30(38)23-35(28)39-31/h3-17,22-24H,18-21H2,1-2H3,(H,40,41)/b13-8+. The van der Waals surface area contributed by atoms with E-state index in [1.54, 1.807) is 30.3 Å². The van der Waals surface area contributed by atoms with Crippen LogP contribution in [0, 0.1) is 6.92 Å². The number of aryl methyl sites for hydroxylation is 2. The van der Waals surface area contributed by atoms with Crippen LogP contribution in [-0.2, 0) is 31.7 Å². The van der Waals surface area contributed by atoms with Crippen LogP contribution in [0.5, 0.6) is 5.75 Å². The predicted molar refractivity (Wildman–Crippen MR) is 183 cm³/mol. The van der Waals surface area contributed by atoms with Gasteiger partial charge in [0.15, 0.2) is 5.79 Å². The third-order valence-electron chi connectivity index (χ3n) is 8.05. The largest absolute Gasteiger partial charge is 0.497 e. The number of aromatic nitrogens is 1. The molecule has 10 heteroatoms. The molecule has 1 aliphatic heterocycles. The smallest absolute Gasteiger partial charge is 0.265 e. The van der Waals surface area contributed by atoms with Crippen LogP contribution < -0.4 is 9.46 Å². The first-order valence-corrected chi connectivity index (χ1v) is 16.9. The van der Waals surface area contributed by atoms with Gasteiger partial charge in [-0.3, -0.25) is 4.79 Å². The number of rotatable bonds is 10. The van der Waals surface area contributed by atoms with Crippen molar-refractivity contribution in [2.45, 2.75) is 30.4 Å². The molecular weight excluding hydrogens is 636 g/mol. The summed E-state index contributed by atoms with van der Waals surface area (Å²) in [5.74, 6) is -1.37. The molecule has 1 N–H and O–H groups in total. The number of amides is 1. The number of pyridine rings is 1. The quantitative estimate of drug-likeness (QED) is 0.166. The zero-order valence-electron chi connectivity index (χ0n) is 25.9. The Balaban J connectivity index is 1.23. The topological polar surface area (TPSA) is 104 Å². The molecule has 1 aliphatic rings. The lowest BCUT2D eigenvalue weighted by atomic mass is 9.94. The Morgan fingerprint density at radius 2 is 1.72 bits per heavy atom. The molecule has 6 rings (SSSR count). The molecular formula is C37H33ClN2O6S. The summed E-state index contributed by atoms with van der Waals surface area (Å²) in [6, 6.07) is 28.8. The first-order chi connectivity index (χ1) is 22.6. The maximum atomic E-state index is 13.4. The third-order valence-corrected chi connectivity index (χ3v) is 9.63. The van der Waals surface area contributed by atoms with E-state index in [1.807, 2.05) is 73.7 Å². The predicted octanol–water partition coefficient (Wildman–Crippen LogP) is 7.33. The first-order valence-electron chi connectivity index (χ1n) is 15.1. The first kappa shape index (κ1) is 32.4. The van der Waals surface area contributed by atoms with Gasteiger partial charge >= 0.3 is 0 Å². The van der Waals surface area contributed by atoms with Gasteiger partial charge < -0.3 is 14.2 Å². The minimum Gasteiger partial charge on any atom is -0.497 e. The maximum absolute atomic E-state index is 13.4. The fraction of sp³-hybridized carbons (Fsp3) is 0.189. The van der Waals surface area contributed by atoms with Crippen molar-refractivity contribution in [2.75, 3.05) is 20.3 Å². The van der Waals surface area contributed by atoms with Crippen molar-refractivity contribution in [3.8, 4) is 5.75 Å². The number of hydrogen-bond acceptors (Lipinski definition) is 7. The third kappa shape index (κ3) is 7.39. The van der Waals surface area contributed by atoms with Gasteiger partial charge in [0.1, 0.15) is 5.75 Å². The van der Waals surface area contributed by atoms with Crippen molar-refractivity contribution in [1.82, 2.24) is 9.71 Å².